The number of ether oxygens (including phenoxy) is 1. The summed E-state index contributed by atoms with van der Waals surface area (Å²) in [6.07, 6.45) is 1.28. The number of nitrogen functional groups attached to an aromatic ring is 1. The summed E-state index contributed by atoms with van der Waals surface area (Å²) >= 11 is 0. The third-order valence-electron chi connectivity index (χ3n) is 2.95. The van der Waals surface area contributed by atoms with Gasteiger partial charge in [-0.25, -0.2) is 0 Å². The number of nitrogens with one attached hydrogen (secondary N) is 1. The first-order valence-corrected chi connectivity index (χ1v) is 5.86. The fourth-order valence-corrected chi connectivity index (χ4v) is 1.97. The van der Waals surface area contributed by atoms with E-state index in [0.717, 1.165) is 6.42 Å². The predicted molar refractivity (Wildman–Crippen MR) is 67.8 cm³/mol. The molecule has 5 heteroatoms. The molecule has 18 heavy (non-hydrogen) atoms. The number of nitrogens with two attached hydrogens (primary N) is 1. The maximum atomic E-state index is 11.9. The van der Waals surface area contributed by atoms with Crippen molar-refractivity contribution in [1.82, 2.24) is 0 Å². The van der Waals surface area contributed by atoms with Crippen LogP contribution in [0.5, 0.6) is 0 Å². The van der Waals surface area contributed by atoms with E-state index >= 15 is 0 Å². The van der Waals surface area contributed by atoms with Crippen LogP contribution in [0.25, 0.3) is 0 Å². The number of benzene rings is 1. The number of hydrogen-bond donors (Lipinski definition) is 2. The third-order valence-corrected chi connectivity index (χ3v) is 2.95. The highest BCUT2D eigenvalue weighted by Crippen LogP contribution is 2.22. The Bertz CT molecular complexity index is 507. The maximum Gasteiger partial charge on any atom is 0.253 e. The van der Waals surface area contributed by atoms with Crippen LogP contribution in [-0.2, 0) is 9.53 Å². The van der Waals surface area contributed by atoms with Gasteiger partial charge in [-0.2, -0.15) is 5.26 Å². The number of nitrogens with zero attached hydrogens (tertiary/aromatic N) is 1. The molecule has 0 spiro atoms. The first-order chi connectivity index (χ1) is 8.60. The zero-order valence-electron chi connectivity index (χ0n) is 10.1. The summed E-state index contributed by atoms with van der Waals surface area (Å²) in [5.74, 6) is -0.208. The van der Waals surface area contributed by atoms with Crippen LogP contribution in [0, 0.1) is 11.3 Å². The number of nitriles is 1. The van der Waals surface area contributed by atoms with Gasteiger partial charge < -0.3 is 15.8 Å². The smallest absolute Gasteiger partial charge is 0.253 e. The van der Waals surface area contributed by atoms with E-state index in [-0.39, 0.29) is 12.0 Å². The van der Waals surface area contributed by atoms with Crippen molar-refractivity contribution in [3.05, 3.63) is 23.8 Å². The van der Waals surface area contributed by atoms with Crippen LogP contribution in [0.3, 0.4) is 0 Å². The standard InChI is InChI=1S/C13H15N3O2/c1-8-2-5-12(18-8)13(17)16-11-4-3-10(15)6-9(11)7-14/h3-4,6,8,12H,2,5,15H2,1H3,(H,16,17). The normalized spacial score (nSPS) is 22.4. The molecular formula is C13H15N3O2. The van der Waals surface area contributed by atoms with E-state index in [0.29, 0.717) is 23.4 Å². The van der Waals surface area contributed by atoms with Crippen LogP contribution in [0.2, 0.25) is 0 Å². The molecule has 0 bridgehead atoms. The molecule has 0 saturated carbocycles. The van der Waals surface area contributed by atoms with Gasteiger partial charge in [-0.3, -0.25) is 4.79 Å². The second kappa shape index (κ2) is 5.07. The molecule has 1 amide bonds. The van der Waals surface area contributed by atoms with Crippen LogP contribution in [0.4, 0.5) is 11.4 Å². The maximum absolute atomic E-state index is 11.9. The van der Waals surface area contributed by atoms with Crippen LogP contribution < -0.4 is 11.1 Å². The lowest BCUT2D eigenvalue weighted by Crippen LogP contribution is -2.28. The lowest BCUT2D eigenvalue weighted by Gasteiger charge is -2.12. The molecule has 1 aromatic rings. The highest BCUT2D eigenvalue weighted by Gasteiger charge is 2.28. The van der Waals surface area contributed by atoms with Crippen LogP contribution >= 0.6 is 0 Å². The van der Waals surface area contributed by atoms with Gasteiger partial charge in [0.15, 0.2) is 0 Å². The molecule has 2 rings (SSSR count). The lowest BCUT2D eigenvalue weighted by atomic mass is 10.1. The van der Waals surface area contributed by atoms with Crippen molar-refractivity contribution in [2.45, 2.75) is 32.0 Å². The van der Waals surface area contributed by atoms with E-state index in [9.17, 15) is 4.79 Å². The molecule has 0 radical (unpaired) electrons. The summed E-state index contributed by atoms with van der Waals surface area (Å²) in [6.45, 7) is 1.94. The lowest BCUT2D eigenvalue weighted by molar-refractivity contribution is -0.126. The van der Waals surface area contributed by atoms with E-state index in [2.05, 4.69) is 5.32 Å². The molecule has 0 aliphatic carbocycles. The number of anilines is 2. The highest BCUT2D eigenvalue weighted by atomic mass is 16.5. The number of rotatable bonds is 2. The Morgan fingerprint density at radius 2 is 2.33 bits per heavy atom. The number of amides is 1. The van der Waals surface area contributed by atoms with Crippen molar-refractivity contribution in [3.63, 3.8) is 0 Å². The molecule has 1 saturated heterocycles. The molecule has 2 unspecified atom stereocenters. The van der Waals surface area contributed by atoms with Crippen molar-refractivity contribution < 1.29 is 9.53 Å². The SMILES string of the molecule is CC1CCC(C(=O)Nc2ccc(N)cc2C#N)O1. The van der Waals surface area contributed by atoms with Gasteiger partial charge >= 0.3 is 0 Å². The zero-order chi connectivity index (χ0) is 13.1. The Balaban J connectivity index is 2.10. The summed E-state index contributed by atoms with van der Waals surface area (Å²) in [7, 11) is 0. The quantitative estimate of drug-likeness (QED) is 0.775. The van der Waals surface area contributed by atoms with Gasteiger partial charge in [0.05, 0.1) is 17.4 Å². The first kappa shape index (κ1) is 12.4. The fraction of sp³-hybridized carbons (Fsp3) is 0.385. The second-order valence-corrected chi connectivity index (χ2v) is 4.42. The first-order valence-electron chi connectivity index (χ1n) is 5.86. The van der Waals surface area contributed by atoms with Gasteiger partial charge in [-0.05, 0) is 38.0 Å². The Kier molecular flexibility index (Phi) is 3.49. The average Bonchev–Trinajstić information content (AvgIpc) is 2.78. The molecule has 1 heterocycles. The zero-order valence-corrected chi connectivity index (χ0v) is 10.1. The third kappa shape index (κ3) is 2.60. The Morgan fingerprint density at radius 1 is 1.56 bits per heavy atom. The summed E-state index contributed by atoms with van der Waals surface area (Å²) in [6, 6.07) is 6.82. The molecule has 2 atom stereocenters. The largest absolute Gasteiger partial charge is 0.399 e. The van der Waals surface area contributed by atoms with E-state index in [1.165, 1.54) is 6.07 Å². The van der Waals surface area contributed by atoms with Gasteiger partial charge in [-0.1, -0.05) is 0 Å². The van der Waals surface area contributed by atoms with Crippen molar-refractivity contribution >= 4 is 17.3 Å². The average molecular weight is 245 g/mol. The van der Waals surface area contributed by atoms with Gasteiger partial charge in [0.1, 0.15) is 12.2 Å². The summed E-state index contributed by atoms with van der Waals surface area (Å²) < 4.78 is 5.47. The van der Waals surface area contributed by atoms with Crippen molar-refractivity contribution in [3.8, 4) is 6.07 Å². The fourth-order valence-electron chi connectivity index (χ4n) is 1.97. The summed E-state index contributed by atoms with van der Waals surface area (Å²) in [5, 5.41) is 11.7. The van der Waals surface area contributed by atoms with Gasteiger partial charge in [0.2, 0.25) is 0 Å². The Morgan fingerprint density at radius 3 is 2.94 bits per heavy atom. The second-order valence-electron chi connectivity index (χ2n) is 4.42. The minimum Gasteiger partial charge on any atom is -0.399 e. The number of carbonyl (C=O) groups is 1. The number of hydrogen-bond acceptors (Lipinski definition) is 4. The molecule has 1 fully saturated rings. The Hall–Kier alpha value is -2.06. The van der Waals surface area contributed by atoms with Gasteiger partial charge in [0.25, 0.3) is 5.91 Å². The van der Waals surface area contributed by atoms with Crippen molar-refractivity contribution in [2.24, 2.45) is 0 Å². The minimum absolute atomic E-state index is 0.114. The topological polar surface area (TPSA) is 88.1 Å². The van der Waals surface area contributed by atoms with Crippen molar-refractivity contribution in [1.29, 1.82) is 5.26 Å². The number of carbonyl (C=O) groups excluding carboxylic acids is 1. The van der Waals surface area contributed by atoms with Crippen molar-refractivity contribution in [2.75, 3.05) is 11.1 Å². The predicted octanol–water partition coefficient (Wildman–Crippen LogP) is 1.65. The minimum atomic E-state index is -0.427. The molecule has 1 aliphatic rings. The molecule has 94 valence electrons. The highest BCUT2D eigenvalue weighted by molar-refractivity contribution is 5.95. The molecule has 3 N–H and O–H groups in total. The van der Waals surface area contributed by atoms with E-state index in [1.54, 1.807) is 12.1 Å². The molecule has 5 nitrogen and oxygen atoms in total. The summed E-state index contributed by atoms with van der Waals surface area (Å²) in [5.41, 5.74) is 6.91. The summed E-state index contributed by atoms with van der Waals surface area (Å²) in [4.78, 5) is 11.9. The van der Waals surface area contributed by atoms with E-state index in [1.807, 2.05) is 13.0 Å². The van der Waals surface area contributed by atoms with E-state index in [4.69, 9.17) is 15.7 Å². The van der Waals surface area contributed by atoms with Gasteiger partial charge in [0, 0.05) is 5.69 Å². The molecule has 1 aromatic carbocycles. The molecule has 1 aliphatic heterocycles. The van der Waals surface area contributed by atoms with Crippen LogP contribution in [-0.4, -0.2) is 18.1 Å². The monoisotopic (exact) mass is 245 g/mol. The molecular weight excluding hydrogens is 230 g/mol. The van der Waals surface area contributed by atoms with Crippen LogP contribution in [0.1, 0.15) is 25.3 Å². The van der Waals surface area contributed by atoms with Crippen LogP contribution in [0.15, 0.2) is 18.2 Å². The Labute approximate surface area is 106 Å². The molecule has 0 aromatic heterocycles. The van der Waals surface area contributed by atoms with Gasteiger partial charge in [-0.15, -0.1) is 0 Å². The van der Waals surface area contributed by atoms with E-state index < -0.39 is 6.10 Å².